The third-order valence-electron chi connectivity index (χ3n) is 2.14. The van der Waals surface area contributed by atoms with Gasteiger partial charge in [-0.3, -0.25) is 0 Å². The van der Waals surface area contributed by atoms with Crippen molar-refractivity contribution in [3.63, 3.8) is 0 Å². The molecule has 18 heavy (non-hydrogen) atoms. The Balaban J connectivity index is 2.98. The van der Waals surface area contributed by atoms with Crippen LogP contribution in [0.1, 0.15) is 45.7 Å². The van der Waals surface area contributed by atoms with E-state index >= 15 is 0 Å². The number of ether oxygens (including phenoxy) is 1. The normalized spacial score (nSPS) is 11.3. The first-order valence-corrected chi connectivity index (χ1v) is 6.02. The van der Waals surface area contributed by atoms with E-state index in [4.69, 9.17) is 11.2 Å². The van der Waals surface area contributed by atoms with E-state index in [9.17, 15) is 0 Å². The fourth-order valence-corrected chi connectivity index (χ4v) is 1.73. The summed E-state index contributed by atoms with van der Waals surface area (Å²) in [5, 5.41) is 0. The second kappa shape index (κ2) is 5.30. The zero-order valence-electron chi connectivity index (χ0n) is 11.8. The van der Waals surface area contributed by atoms with Gasteiger partial charge < -0.3 is 4.74 Å². The lowest BCUT2D eigenvalue weighted by Crippen LogP contribution is -2.33. The van der Waals surface area contributed by atoms with Crippen molar-refractivity contribution in [2.24, 2.45) is 0 Å². The van der Waals surface area contributed by atoms with Gasteiger partial charge >= 0.3 is 0 Å². The first-order valence-electron chi connectivity index (χ1n) is 6.02. The third kappa shape index (κ3) is 4.66. The molecule has 0 fully saturated rings. The average molecular weight is 240 g/mol. The van der Waals surface area contributed by atoms with Crippen molar-refractivity contribution in [3.8, 4) is 24.2 Å². The molecule has 1 heteroatoms. The summed E-state index contributed by atoms with van der Waals surface area (Å²) in [6.07, 6.45) is 5.44. The molecule has 0 radical (unpaired) electrons. The Morgan fingerprint density at radius 2 is 1.56 bits per heavy atom. The van der Waals surface area contributed by atoms with Crippen molar-refractivity contribution in [3.05, 3.63) is 35.4 Å². The van der Waals surface area contributed by atoms with Gasteiger partial charge in [0.1, 0.15) is 5.60 Å². The van der Waals surface area contributed by atoms with E-state index in [1.54, 1.807) is 0 Å². The van der Waals surface area contributed by atoms with Gasteiger partial charge in [0.2, 0.25) is 0 Å². The molecule has 1 aromatic rings. The van der Waals surface area contributed by atoms with Crippen LogP contribution in [0.5, 0.6) is 0 Å². The molecule has 1 rings (SSSR count). The van der Waals surface area contributed by atoms with Crippen molar-refractivity contribution in [1.82, 2.24) is 0 Å². The monoisotopic (exact) mass is 240 g/mol. The van der Waals surface area contributed by atoms with Crippen LogP contribution in [0.15, 0.2) is 24.3 Å². The smallest absolute Gasteiger partial charge is 0.124 e. The maximum atomic E-state index is 5.90. The van der Waals surface area contributed by atoms with E-state index in [0.717, 1.165) is 11.1 Å². The van der Waals surface area contributed by atoms with Crippen LogP contribution in [0.4, 0.5) is 0 Å². The predicted octanol–water partition coefficient (Wildman–Crippen LogP) is 3.61. The van der Waals surface area contributed by atoms with Gasteiger partial charge in [-0.15, -0.1) is 6.42 Å². The first-order chi connectivity index (χ1) is 8.23. The molecule has 0 bridgehead atoms. The molecule has 0 aromatic heterocycles. The van der Waals surface area contributed by atoms with Gasteiger partial charge in [-0.2, -0.15) is 0 Å². The molecular formula is C17H20O. The number of hydrogen-bond acceptors (Lipinski definition) is 1. The summed E-state index contributed by atoms with van der Waals surface area (Å²) in [7, 11) is 0. The van der Waals surface area contributed by atoms with Crippen LogP contribution in [0.2, 0.25) is 0 Å². The second-order valence-electron chi connectivity index (χ2n) is 5.66. The molecule has 0 spiro atoms. The van der Waals surface area contributed by atoms with Crippen molar-refractivity contribution in [2.75, 3.05) is 0 Å². The molecule has 1 nitrogen and oxygen atoms in total. The van der Waals surface area contributed by atoms with Crippen LogP contribution >= 0.6 is 0 Å². The third-order valence-corrected chi connectivity index (χ3v) is 2.14. The molecule has 0 heterocycles. The molecule has 0 aliphatic rings. The Hall–Kier alpha value is -1.70. The first kappa shape index (κ1) is 14.4. The maximum Gasteiger partial charge on any atom is 0.124 e. The fraction of sp³-hybridized carbons (Fsp3) is 0.412. The van der Waals surface area contributed by atoms with Gasteiger partial charge in [-0.1, -0.05) is 29.9 Å². The fourth-order valence-electron chi connectivity index (χ4n) is 1.73. The van der Waals surface area contributed by atoms with E-state index in [2.05, 4.69) is 17.8 Å². The van der Waals surface area contributed by atoms with Crippen LogP contribution < -0.4 is 0 Å². The summed E-state index contributed by atoms with van der Waals surface area (Å²) < 4.78 is 5.90. The minimum atomic E-state index is -0.500. The van der Waals surface area contributed by atoms with Crippen LogP contribution in [-0.4, -0.2) is 11.2 Å². The van der Waals surface area contributed by atoms with Gasteiger partial charge in [-0.05, 0) is 46.8 Å². The molecule has 0 aliphatic carbocycles. The van der Waals surface area contributed by atoms with Gasteiger partial charge in [0.25, 0.3) is 0 Å². The zero-order chi connectivity index (χ0) is 13.8. The highest BCUT2D eigenvalue weighted by atomic mass is 16.5. The minimum Gasteiger partial charge on any atom is -0.357 e. The quantitative estimate of drug-likeness (QED) is 0.681. The van der Waals surface area contributed by atoms with E-state index in [0.29, 0.717) is 0 Å². The zero-order valence-corrected chi connectivity index (χ0v) is 11.8. The Labute approximate surface area is 111 Å². The molecule has 0 saturated heterocycles. The summed E-state index contributed by atoms with van der Waals surface area (Å²) in [6.45, 7) is 9.98. The summed E-state index contributed by atoms with van der Waals surface area (Å²) in [5.74, 6) is 8.89. The summed E-state index contributed by atoms with van der Waals surface area (Å²) >= 11 is 0. The molecule has 0 saturated carbocycles. The number of benzene rings is 1. The number of rotatable bonds is 1. The average Bonchev–Trinajstić information content (AvgIpc) is 2.23. The van der Waals surface area contributed by atoms with Crippen molar-refractivity contribution >= 4 is 0 Å². The Kier molecular flexibility index (Phi) is 4.23. The number of terminal acetylenes is 1. The van der Waals surface area contributed by atoms with Gasteiger partial charge in [0, 0.05) is 11.1 Å². The summed E-state index contributed by atoms with van der Waals surface area (Å²) in [6, 6.07) is 7.66. The largest absolute Gasteiger partial charge is 0.357 e. The van der Waals surface area contributed by atoms with Crippen molar-refractivity contribution in [2.45, 2.75) is 45.8 Å². The Morgan fingerprint density at radius 1 is 1.00 bits per heavy atom. The SMILES string of the molecule is C#Cc1ccccc1C#CC(C)(C)OC(C)(C)C. The lowest BCUT2D eigenvalue weighted by molar-refractivity contribution is -0.0802. The highest BCUT2D eigenvalue weighted by molar-refractivity contribution is 5.49. The standard InChI is InChI=1S/C17H20O/c1-7-14-10-8-9-11-15(14)12-13-17(5,6)18-16(2,3)4/h1,8-11H,2-6H3. The molecule has 1 aromatic carbocycles. The molecule has 0 atom stereocenters. The molecule has 0 amide bonds. The van der Waals surface area contributed by atoms with Gasteiger partial charge in [-0.25, -0.2) is 0 Å². The molecular weight excluding hydrogens is 220 g/mol. The number of hydrogen-bond donors (Lipinski definition) is 0. The van der Waals surface area contributed by atoms with E-state index < -0.39 is 5.60 Å². The minimum absolute atomic E-state index is 0.218. The van der Waals surface area contributed by atoms with Crippen molar-refractivity contribution < 1.29 is 4.74 Å². The second-order valence-corrected chi connectivity index (χ2v) is 5.66. The van der Waals surface area contributed by atoms with Crippen LogP contribution in [0.25, 0.3) is 0 Å². The van der Waals surface area contributed by atoms with Gasteiger partial charge in [0.15, 0.2) is 0 Å². The summed E-state index contributed by atoms with van der Waals surface area (Å²) in [5.41, 5.74) is 0.964. The predicted molar refractivity (Wildman–Crippen MR) is 76.2 cm³/mol. The molecule has 0 N–H and O–H groups in total. The molecule has 94 valence electrons. The topological polar surface area (TPSA) is 9.23 Å². The van der Waals surface area contributed by atoms with E-state index in [1.165, 1.54) is 0 Å². The highest BCUT2D eigenvalue weighted by Gasteiger charge is 2.23. The highest BCUT2D eigenvalue weighted by Crippen LogP contribution is 2.19. The van der Waals surface area contributed by atoms with Crippen LogP contribution in [-0.2, 0) is 4.74 Å². The lowest BCUT2D eigenvalue weighted by atomic mass is 10.0. The lowest BCUT2D eigenvalue weighted by Gasteiger charge is -2.29. The maximum absolute atomic E-state index is 5.90. The molecule has 0 unspecified atom stereocenters. The van der Waals surface area contributed by atoms with Gasteiger partial charge in [0.05, 0.1) is 5.60 Å². The van der Waals surface area contributed by atoms with E-state index in [1.807, 2.05) is 58.9 Å². The van der Waals surface area contributed by atoms with Crippen LogP contribution in [0, 0.1) is 24.2 Å². The Morgan fingerprint density at radius 3 is 2.06 bits per heavy atom. The Bertz CT molecular complexity index is 513. The van der Waals surface area contributed by atoms with Crippen LogP contribution in [0.3, 0.4) is 0 Å². The van der Waals surface area contributed by atoms with Crippen molar-refractivity contribution in [1.29, 1.82) is 0 Å². The summed E-state index contributed by atoms with van der Waals surface area (Å²) in [4.78, 5) is 0. The molecule has 0 aliphatic heterocycles. The van der Waals surface area contributed by atoms with E-state index in [-0.39, 0.29) is 5.60 Å².